The second kappa shape index (κ2) is 5.36. The van der Waals surface area contributed by atoms with Crippen molar-refractivity contribution in [2.45, 2.75) is 44.9 Å². The number of amides is 1. The van der Waals surface area contributed by atoms with Crippen molar-refractivity contribution in [1.29, 1.82) is 0 Å². The van der Waals surface area contributed by atoms with E-state index in [4.69, 9.17) is 0 Å². The number of carbonyl (C=O) groups excluding carboxylic acids is 1. The summed E-state index contributed by atoms with van der Waals surface area (Å²) in [5, 5.41) is 3.17. The van der Waals surface area contributed by atoms with Gasteiger partial charge in [0.05, 0.1) is 6.42 Å². The number of hydrogen-bond acceptors (Lipinski definition) is 1. The molecule has 22 heavy (non-hydrogen) atoms. The second-order valence-electron chi connectivity index (χ2n) is 8.00. The molecule has 1 N–H and O–H groups in total. The number of halogens is 1. The lowest BCUT2D eigenvalue weighted by molar-refractivity contribution is -0.122. The Morgan fingerprint density at radius 1 is 1.05 bits per heavy atom. The van der Waals surface area contributed by atoms with Gasteiger partial charge in [0.2, 0.25) is 5.91 Å². The molecule has 118 valence electrons. The SMILES string of the molecule is O=C(Cc1ccc(F)cc1)NCC12CC3CC(CC(C3)C1)C2. The monoisotopic (exact) mass is 301 g/mol. The van der Waals surface area contributed by atoms with Gasteiger partial charge in [0.1, 0.15) is 5.82 Å². The molecule has 4 bridgehead atoms. The quantitative estimate of drug-likeness (QED) is 0.902. The molecule has 4 fully saturated rings. The molecule has 0 aliphatic heterocycles. The largest absolute Gasteiger partial charge is 0.355 e. The molecule has 4 saturated carbocycles. The Balaban J connectivity index is 1.34. The highest BCUT2D eigenvalue weighted by Crippen LogP contribution is 2.59. The molecule has 0 saturated heterocycles. The van der Waals surface area contributed by atoms with Gasteiger partial charge in [-0.3, -0.25) is 4.79 Å². The van der Waals surface area contributed by atoms with E-state index in [-0.39, 0.29) is 11.7 Å². The third kappa shape index (κ3) is 2.78. The molecule has 5 rings (SSSR count). The Bertz CT molecular complexity index is 530. The van der Waals surface area contributed by atoms with Crippen molar-refractivity contribution in [3.8, 4) is 0 Å². The van der Waals surface area contributed by atoms with Crippen LogP contribution in [0.25, 0.3) is 0 Å². The summed E-state index contributed by atoms with van der Waals surface area (Å²) in [5.74, 6) is 2.57. The summed E-state index contributed by atoms with van der Waals surface area (Å²) >= 11 is 0. The summed E-state index contributed by atoms with van der Waals surface area (Å²) in [6.45, 7) is 0.844. The smallest absolute Gasteiger partial charge is 0.224 e. The number of nitrogens with one attached hydrogen (secondary N) is 1. The molecule has 4 aliphatic rings. The topological polar surface area (TPSA) is 29.1 Å². The van der Waals surface area contributed by atoms with Crippen molar-refractivity contribution < 1.29 is 9.18 Å². The van der Waals surface area contributed by atoms with Gasteiger partial charge in [0.25, 0.3) is 0 Å². The molecule has 1 aromatic rings. The molecule has 3 heteroatoms. The van der Waals surface area contributed by atoms with Crippen molar-refractivity contribution in [1.82, 2.24) is 5.32 Å². The fourth-order valence-corrected chi connectivity index (χ4v) is 5.64. The summed E-state index contributed by atoms with van der Waals surface area (Å²) in [6, 6.07) is 6.22. The van der Waals surface area contributed by atoms with Crippen molar-refractivity contribution in [3.05, 3.63) is 35.6 Å². The van der Waals surface area contributed by atoms with Crippen molar-refractivity contribution in [2.24, 2.45) is 23.2 Å². The van der Waals surface area contributed by atoms with E-state index in [2.05, 4.69) is 5.32 Å². The maximum Gasteiger partial charge on any atom is 0.224 e. The Morgan fingerprint density at radius 2 is 1.59 bits per heavy atom. The Hall–Kier alpha value is -1.38. The van der Waals surface area contributed by atoms with E-state index in [0.717, 1.165) is 29.9 Å². The molecule has 0 aromatic heterocycles. The van der Waals surface area contributed by atoms with Crippen LogP contribution in [0.1, 0.15) is 44.1 Å². The fraction of sp³-hybridized carbons (Fsp3) is 0.632. The molecule has 0 unspecified atom stereocenters. The van der Waals surface area contributed by atoms with Crippen LogP contribution in [-0.2, 0) is 11.2 Å². The van der Waals surface area contributed by atoms with Crippen LogP contribution in [-0.4, -0.2) is 12.5 Å². The predicted octanol–water partition coefficient (Wildman–Crippen LogP) is 3.70. The predicted molar refractivity (Wildman–Crippen MR) is 83.7 cm³/mol. The summed E-state index contributed by atoms with van der Waals surface area (Å²) in [5.41, 5.74) is 1.26. The highest BCUT2D eigenvalue weighted by atomic mass is 19.1. The van der Waals surface area contributed by atoms with Gasteiger partial charge in [0.15, 0.2) is 0 Å². The minimum absolute atomic E-state index is 0.0716. The van der Waals surface area contributed by atoms with Gasteiger partial charge in [-0.05, 0) is 79.4 Å². The van der Waals surface area contributed by atoms with E-state index < -0.39 is 0 Å². The van der Waals surface area contributed by atoms with E-state index in [1.165, 1.54) is 50.7 Å². The number of rotatable bonds is 4. The minimum atomic E-state index is -0.252. The fourth-order valence-electron chi connectivity index (χ4n) is 5.64. The number of benzene rings is 1. The highest BCUT2D eigenvalue weighted by Gasteiger charge is 2.50. The van der Waals surface area contributed by atoms with E-state index in [0.29, 0.717) is 11.8 Å². The van der Waals surface area contributed by atoms with Gasteiger partial charge < -0.3 is 5.32 Å². The molecule has 1 amide bonds. The zero-order valence-corrected chi connectivity index (χ0v) is 13.0. The summed E-state index contributed by atoms with van der Waals surface area (Å²) < 4.78 is 12.9. The van der Waals surface area contributed by atoms with Crippen LogP contribution < -0.4 is 5.32 Å². The van der Waals surface area contributed by atoms with Gasteiger partial charge in [-0.1, -0.05) is 12.1 Å². The zero-order valence-electron chi connectivity index (χ0n) is 13.0. The lowest BCUT2D eigenvalue weighted by atomic mass is 9.49. The van der Waals surface area contributed by atoms with E-state index in [9.17, 15) is 9.18 Å². The lowest BCUT2D eigenvalue weighted by Gasteiger charge is -2.56. The van der Waals surface area contributed by atoms with E-state index in [1.807, 2.05) is 0 Å². The van der Waals surface area contributed by atoms with Crippen molar-refractivity contribution in [2.75, 3.05) is 6.54 Å². The maximum absolute atomic E-state index is 12.9. The molecule has 2 nitrogen and oxygen atoms in total. The van der Waals surface area contributed by atoms with Gasteiger partial charge >= 0.3 is 0 Å². The number of hydrogen-bond donors (Lipinski definition) is 1. The molecule has 0 atom stereocenters. The summed E-state index contributed by atoms with van der Waals surface area (Å²) in [6.07, 6.45) is 8.60. The molecular weight excluding hydrogens is 277 g/mol. The first-order valence-corrected chi connectivity index (χ1v) is 8.61. The molecule has 1 aromatic carbocycles. The van der Waals surface area contributed by atoms with Gasteiger partial charge in [-0.2, -0.15) is 0 Å². The van der Waals surface area contributed by atoms with Gasteiger partial charge in [-0.15, -0.1) is 0 Å². The molecule has 0 heterocycles. The van der Waals surface area contributed by atoms with Gasteiger partial charge in [0, 0.05) is 6.54 Å². The average Bonchev–Trinajstić information content (AvgIpc) is 2.46. The molecular formula is C19H24FNO. The molecule has 4 aliphatic carbocycles. The van der Waals surface area contributed by atoms with E-state index >= 15 is 0 Å². The first-order chi connectivity index (χ1) is 10.6. The van der Waals surface area contributed by atoms with Crippen LogP contribution in [0.3, 0.4) is 0 Å². The standard InChI is InChI=1S/C19H24FNO/c20-17-3-1-13(2-4-17)8-18(22)21-12-19-9-14-5-15(10-19)7-16(6-14)11-19/h1-4,14-16H,5-12H2,(H,21,22). The summed E-state index contributed by atoms with van der Waals surface area (Å²) in [4.78, 5) is 12.2. The van der Waals surface area contributed by atoms with Crippen LogP contribution in [0.4, 0.5) is 4.39 Å². The molecule has 0 spiro atoms. The van der Waals surface area contributed by atoms with Crippen LogP contribution in [0.15, 0.2) is 24.3 Å². The van der Waals surface area contributed by atoms with E-state index in [1.54, 1.807) is 12.1 Å². The van der Waals surface area contributed by atoms with Crippen molar-refractivity contribution in [3.63, 3.8) is 0 Å². The average molecular weight is 301 g/mol. The first kappa shape index (κ1) is 14.2. The van der Waals surface area contributed by atoms with Crippen molar-refractivity contribution >= 4 is 5.91 Å². The van der Waals surface area contributed by atoms with Crippen LogP contribution in [0.2, 0.25) is 0 Å². The third-order valence-corrected chi connectivity index (χ3v) is 6.10. The number of carbonyl (C=O) groups is 1. The first-order valence-electron chi connectivity index (χ1n) is 8.61. The Kier molecular flexibility index (Phi) is 3.47. The minimum Gasteiger partial charge on any atom is -0.355 e. The lowest BCUT2D eigenvalue weighted by Crippen LogP contribution is -2.51. The molecule has 0 radical (unpaired) electrons. The summed E-state index contributed by atoms with van der Waals surface area (Å²) in [7, 11) is 0. The third-order valence-electron chi connectivity index (χ3n) is 6.10. The second-order valence-corrected chi connectivity index (χ2v) is 8.00. The Labute approximate surface area is 131 Å². The van der Waals surface area contributed by atoms with Crippen LogP contribution in [0, 0.1) is 29.0 Å². The van der Waals surface area contributed by atoms with Crippen LogP contribution >= 0.6 is 0 Å². The van der Waals surface area contributed by atoms with Crippen LogP contribution in [0.5, 0.6) is 0 Å². The van der Waals surface area contributed by atoms with Gasteiger partial charge in [-0.25, -0.2) is 4.39 Å². The zero-order chi connectivity index (χ0) is 15.2. The normalized spacial score (nSPS) is 35.6. The Morgan fingerprint density at radius 3 is 2.14 bits per heavy atom. The maximum atomic E-state index is 12.9. The highest BCUT2D eigenvalue weighted by molar-refractivity contribution is 5.78.